The van der Waals surface area contributed by atoms with Crippen LogP contribution in [0.3, 0.4) is 0 Å². The first-order valence-corrected chi connectivity index (χ1v) is 8.26. The summed E-state index contributed by atoms with van der Waals surface area (Å²) in [5, 5.41) is 0. The van der Waals surface area contributed by atoms with Crippen LogP contribution in [0.4, 0.5) is 0 Å². The Bertz CT molecular complexity index is 675. The fourth-order valence-corrected chi connectivity index (χ4v) is 3.12. The number of allylic oxidation sites excluding steroid dienone is 5. The SMILES string of the molecule is CC(C=CC=C(C)CS(=O)(=O)c1ccc(C)cc1)=CC=O. The van der Waals surface area contributed by atoms with Gasteiger partial charge in [-0.25, -0.2) is 8.42 Å². The lowest BCUT2D eigenvalue weighted by atomic mass is 10.2. The summed E-state index contributed by atoms with van der Waals surface area (Å²) < 4.78 is 24.5. The van der Waals surface area contributed by atoms with Gasteiger partial charge in [0.15, 0.2) is 9.84 Å². The van der Waals surface area contributed by atoms with Crippen molar-refractivity contribution in [1.29, 1.82) is 0 Å². The van der Waals surface area contributed by atoms with Crippen LogP contribution in [0, 0.1) is 6.92 Å². The Balaban J connectivity index is 2.81. The highest BCUT2D eigenvalue weighted by atomic mass is 32.2. The molecule has 0 aliphatic heterocycles. The number of rotatable bonds is 6. The molecule has 0 radical (unpaired) electrons. The molecule has 0 saturated carbocycles. The van der Waals surface area contributed by atoms with E-state index in [4.69, 9.17) is 0 Å². The van der Waals surface area contributed by atoms with E-state index in [0.29, 0.717) is 4.90 Å². The van der Waals surface area contributed by atoms with Crippen molar-refractivity contribution >= 4 is 16.1 Å². The molecule has 1 aromatic carbocycles. The van der Waals surface area contributed by atoms with Crippen LogP contribution in [0.25, 0.3) is 0 Å². The summed E-state index contributed by atoms with van der Waals surface area (Å²) in [6.45, 7) is 5.49. The predicted molar refractivity (Wildman–Crippen MR) is 85.9 cm³/mol. The first-order chi connectivity index (χ1) is 9.85. The van der Waals surface area contributed by atoms with Crippen molar-refractivity contribution in [2.45, 2.75) is 25.7 Å². The normalized spacial score (nSPS) is 13.7. The minimum atomic E-state index is -3.31. The van der Waals surface area contributed by atoms with Crippen LogP contribution in [0.2, 0.25) is 0 Å². The maximum atomic E-state index is 12.2. The average Bonchev–Trinajstić information content (AvgIpc) is 2.38. The summed E-state index contributed by atoms with van der Waals surface area (Å²) >= 11 is 0. The van der Waals surface area contributed by atoms with Gasteiger partial charge in [-0.15, -0.1) is 0 Å². The molecule has 1 rings (SSSR count). The topological polar surface area (TPSA) is 51.2 Å². The van der Waals surface area contributed by atoms with Crippen molar-refractivity contribution in [3.05, 3.63) is 65.3 Å². The molecule has 0 aliphatic carbocycles. The molecule has 0 amide bonds. The molecule has 0 unspecified atom stereocenters. The monoisotopic (exact) mass is 304 g/mol. The highest BCUT2D eigenvalue weighted by molar-refractivity contribution is 7.91. The molecule has 0 heterocycles. The van der Waals surface area contributed by atoms with Crippen molar-refractivity contribution in [1.82, 2.24) is 0 Å². The van der Waals surface area contributed by atoms with Crippen molar-refractivity contribution in [2.24, 2.45) is 0 Å². The molecule has 0 spiro atoms. The molecule has 3 nitrogen and oxygen atoms in total. The Kier molecular flexibility index (Phi) is 6.31. The van der Waals surface area contributed by atoms with Gasteiger partial charge in [-0.2, -0.15) is 0 Å². The Morgan fingerprint density at radius 1 is 1.10 bits per heavy atom. The molecule has 0 saturated heterocycles. The maximum Gasteiger partial charge on any atom is 0.182 e. The molecule has 1 aromatic rings. The fourth-order valence-electron chi connectivity index (χ4n) is 1.70. The summed E-state index contributed by atoms with van der Waals surface area (Å²) in [4.78, 5) is 10.6. The highest BCUT2D eigenvalue weighted by Gasteiger charge is 2.14. The lowest BCUT2D eigenvalue weighted by Gasteiger charge is -2.04. The van der Waals surface area contributed by atoms with Crippen LogP contribution in [-0.2, 0) is 14.6 Å². The van der Waals surface area contributed by atoms with Gasteiger partial charge in [0.2, 0.25) is 0 Å². The van der Waals surface area contributed by atoms with E-state index in [1.165, 1.54) is 6.08 Å². The third-order valence-corrected chi connectivity index (χ3v) is 4.69. The maximum absolute atomic E-state index is 12.2. The van der Waals surface area contributed by atoms with Gasteiger partial charge in [-0.3, -0.25) is 4.79 Å². The summed E-state index contributed by atoms with van der Waals surface area (Å²) in [6, 6.07) is 6.84. The predicted octanol–water partition coefficient (Wildman–Crippen LogP) is 3.42. The first kappa shape index (κ1) is 17.1. The van der Waals surface area contributed by atoms with Gasteiger partial charge in [0.05, 0.1) is 10.6 Å². The number of carbonyl (C=O) groups excluding carboxylic acids is 1. The minimum Gasteiger partial charge on any atom is -0.299 e. The molecule has 112 valence electrons. The smallest absolute Gasteiger partial charge is 0.182 e. The van der Waals surface area contributed by atoms with Crippen LogP contribution in [-0.4, -0.2) is 20.5 Å². The fraction of sp³-hybridized carbons (Fsp3) is 0.235. The first-order valence-electron chi connectivity index (χ1n) is 6.60. The Morgan fingerprint density at radius 3 is 2.29 bits per heavy atom. The summed E-state index contributed by atoms with van der Waals surface area (Å²) in [7, 11) is -3.31. The molecule has 0 atom stereocenters. The highest BCUT2D eigenvalue weighted by Crippen LogP contribution is 2.14. The average molecular weight is 304 g/mol. The van der Waals surface area contributed by atoms with E-state index in [0.717, 1.165) is 23.0 Å². The van der Waals surface area contributed by atoms with Gasteiger partial charge in [0, 0.05) is 0 Å². The quantitative estimate of drug-likeness (QED) is 0.460. The van der Waals surface area contributed by atoms with E-state index < -0.39 is 9.84 Å². The molecule has 4 heteroatoms. The Hall–Kier alpha value is -1.94. The largest absolute Gasteiger partial charge is 0.299 e. The van der Waals surface area contributed by atoms with Crippen LogP contribution >= 0.6 is 0 Å². The zero-order valence-electron chi connectivity index (χ0n) is 12.5. The third kappa shape index (κ3) is 5.92. The lowest BCUT2D eigenvalue weighted by molar-refractivity contribution is -0.104. The second-order valence-corrected chi connectivity index (χ2v) is 6.98. The van der Waals surface area contributed by atoms with Crippen LogP contribution in [0.5, 0.6) is 0 Å². The number of aldehydes is 1. The number of hydrogen-bond donors (Lipinski definition) is 0. The van der Waals surface area contributed by atoms with E-state index in [-0.39, 0.29) is 5.75 Å². The van der Waals surface area contributed by atoms with Crippen LogP contribution in [0.1, 0.15) is 19.4 Å². The molecule has 0 fully saturated rings. The molecular weight excluding hydrogens is 284 g/mol. The number of aryl methyl sites for hydroxylation is 1. The minimum absolute atomic E-state index is 0.0170. The number of sulfone groups is 1. The number of carbonyl (C=O) groups is 1. The van der Waals surface area contributed by atoms with E-state index >= 15 is 0 Å². The summed E-state index contributed by atoms with van der Waals surface area (Å²) in [6.07, 6.45) is 7.42. The second kappa shape index (κ2) is 7.74. The van der Waals surface area contributed by atoms with Crippen molar-refractivity contribution in [3.63, 3.8) is 0 Å². The van der Waals surface area contributed by atoms with E-state index in [9.17, 15) is 13.2 Å². The van der Waals surface area contributed by atoms with Crippen LogP contribution in [0.15, 0.2) is 64.6 Å². The molecule has 0 N–H and O–H groups in total. The Labute approximate surface area is 126 Å². The second-order valence-electron chi connectivity index (χ2n) is 4.99. The zero-order valence-corrected chi connectivity index (χ0v) is 13.4. The molecule has 21 heavy (non-hydrogen) atoms. The standard InChI is InChI=1S/C17H20O3S/c1-14(11-12-18)5-4-6-16(3)13-21(19,20)17-9-7-15(2)8-10-17/h4-12H,13H2,1-3H3. The van der Waals surface area contributed by atoms with E-state index in [1.54, 1.807) is 56.3 Å². The summed E-state index contributed by atoms with van der Waals surface area (Å²) in [5.41, 5.74) is 2.59. The molecule has 0 bridgehead atoms. The third-order valence-electron chi connectivity index (χ3n) is 2.87. The van der Waals surface area contributed by atoms with E-state index in [2.05, 4.69) is 0 Å². The van der Waals surface area contributed by atoms with Crippen molar-refractivity contribution in [2.75, 3.05) is 5.75 Å². The van der Waals surface area contributed by atoms with Gasteiger partial charge in [-0.05, 0) is 44.6 Å². The molecular formula is C17H20O3S. The summed E-state index contributed by atoms with van der Waals surface area (Å²) in [5.74, 6) is -0.0170. The van der Waals surface area contributed by atoms with Gasteiger partial charge >= 0.3 is 0 Å². The van der Waals surface area contributed by atoms with Gasteiger partial charge in [0.1, 0.15) is 6.29 Å². The van der Waals surface area contributed by atoms with Crippen molar-refractivity contribution in [3.8, 4) is 0 Å². The molecule has 0 aromatic heterocycles. The lowest BCUT2D eigenvalue weighted by Crippen LogP contribution is -2.07. The van der Waals surface area contributed by atoms with Crippen LogP contribution < -0.4 is 0 Å². The van der Waals surface area contributed by atoms with Gasteiger partial charge in [-0.1, -0.05) is 41.5 Å². The zero-order chi connectivity index (χ0) is 15.9. The van der Waals surface area contributed by atoms with Crippen molar-refractivity contribution < 1.29 is 13.2 Å². The number of benzene rings is 1. The van der Waals surface area contributed by atoms with Gasteiger partial charge in [0.25, 0.3) is 0 Å². The Morgan fingerprint density at radius 2 is 1.71 bits per heavy atom. The van der Waals surface area contributed by atoms with E-state index in [1.807, 2.05) is 6.92 Å². The van der Waals surface area contributed by atoms with Gasteiger partial charge < -0.3 is 0 Å². The molecule has 0 aliphatic rings. The number of hydrogen-bond acceptors (Lipinski definition) is 3.